The van der Waals surface area contributed by atoms with Gasteiger partial charge < -0.3 is 5.11 Å². The fraction of sp³-hybridized carbons (Fsp3) is 0.750. The largest absolute Gasteiger partial charge is 0.478 e. The van der Waals surface area contributed by atoms with E-state index in [-0.39, 0.29) is 0 Å². The Morgan fingerprint density at radius 1 is 1.29 bits per heavy atom. The van der Waals surface area contributed by atoms with E-state index in [0.29, 0.717) is 11.8 Å². The van der Waals surface area contributed by atoms with Crippen LogP contribution in [0.4, 0.5) is 0 Å². The SMILES string of the molecule is CC1=C(C(=O)O)C(C2CCCCC2)C1. The average molecular weight is 194 g/mol. The maximum absolute atomic E-state index is 11.0. The van der Waals surface area contributed by atoms with Crippen molar-refractivity contribution in [3.8, 4) is 0 Å². The summed E-state index contributed by atoms with van der Waals surface area (Å²) in [6.07, 6.45) is 7.46. The molecular formula is C12H18O2. The Morgan fingerprint density at radius 2 is 1.93 bits per heavy atom. The molecule has 2 rings (SSSR count). The highest BCUT2D eigenvalue weighted by molar-refractivity contribution is 5.90. The molecule has 14 heavy (non-hydrogen) atoms. The van der Waals surface area contributed by atoms with Gasteiger partial charge in [-0.2, -0.15) is 0 Å². The number of carboxylic acids is 1. The van der Waals surface area contributed by atoms with E-state index in [1.165, 1.54) is 32.1 Å². The third-order valence-corrected chi connectivity index (χ3v) is 3.81. The molecule has 1 N–H and O–H groups in total. The Labute approximate surface area is 85.0 Å². The van der Waals surface area contributed by atoms with Crippen LogP contribution in [0.3, 0.4) is 0 Å². The Balaban J connectivity index is 2.04. The molecule has 0 spiro atoms. The Morgan fingerprint density at radius 3 is 2.43 bits per heavy atom. The van der Waals surface area contributed by atoms with Crippen molar-refractivity contribution in [3.05, 3.63) is 11.1 Å². The van der Waals surface area contributed by atoms with Crippen molar-refractivity contribution in [2.24, 2.45) is 11.8 Å². The van der Waals surface area contributed by atoms with Crippen molar-refractivity contribution in [2.75, 3.05) is 0 Å². The molecule has 1 fully saturated rings. The molecule has 0 saturated heterocycles. The lowest BCUT2D eigenvalue weighted by atomic mass is 9.66. The third kappa shape index (κ3) is 1.58. The summed E-state index contributed by atoms with van der Waals surface area (Å²) in [7, 11) is 0. The molecule has 2 aliphatic rings. The van der Waals surface area contributed by atoms with Crippen LogP contribution in [-0.2, 0) is 4.79 Å². The fourth-order valence-electron chi connectivity index (χ4n) is 3.01. The summed E-state index contributed by atoms with van der Waals surface area (Å²) in [4.78, 5) is 11.0. The predicted molar refractivity (Wildman–Crippen MR) is 55.0 cm³/mol. The molecule has 1 unspecified atom stereocenters. The lowest BCUT2D eigenvalue weighted by Gasteiger charge is -2.37. The van der Waals surface area contributed by atoms with E-state index in [4.69, 9.17) is 5.11 Å². The quantitative estimate of drug-likeness (QED) is 0.733. The van der Waals surface area contributed by atoms with Gasteiger partial charge in [0.2, 0.25) is 0 Å². The van der Waals surface area contributed by atoms with Crippen molar-refractivity contribution < 1.29 is 9.90 Å². The lowest BCUT2D eigenvalue weighted by molar-refractivity contribution is -0.134. The summed E-state index contributed by atoms with van der Waals surface area (Å²) in [6.45, 7) is 1.96. The van der Waals surface area contributed by atoms with Gasteiger partial charge in [0.25, 0.3) is 0 Å². The molecular weight excluding hydrogens is 176 g/mol. The second-order valence-electron chi connectivity index (χ2n) is 4.71. The molecule has 2 aliphatic carbocycles. The zero-order chi connectivity index (χ0) is 10.1. The number of rotatable bonds is 2. The minimum atomic E-state index is -0.677. The topological polar surface area (TPSA) is 37.3 Å². The first-order valence-corrected chi connectivity index (χ1v) is 5.63. The molecule has 0 radical (unpaired) electrons. The first kappa shape index (κ1) is 9.75. The molecule has 0 heterocycles. The van der Waals surface area contributed by atoms with E-state index >= 15 is 0 Å². The Hall–Kier alpha value is -0.790. The van der Waals surface area contributed by atoms with Gasteiger partial charge in [-0.15, -0.1) is 0 Å². The summed E-state index contributed by atoms with van der Waals surface area (Å²) < 4.78 is 0. The van der Waals surface area contributed by atoms with Crippen molar-refractivity contribution in [3.63, 3.8) is 0 Å². The highest BCUT2D eigenvalue weighted by Gasteiger charge is 2.37. The molecule has 0 aromatic heterocycles. The van der Waals surface area contributed by atoms with Gasteiger partial charge in [0.15, 0.2) is 0 Å². The van der Waals surface area contributed by atoms with Crippen LogP contribution in [0.25, 0.3) is 0 Å². The smallest absolute Gasteiger partial charge is 0.331 e. The van der Waals surface area contributed by atoms with Gasteiger partial charge in [-0.25, -0.2) is 4.79 Å². The monoisotopic (exact) mass is 194 g/mol. The molecule has 0 aromatic rings. The molecule has 0 bridgehead atoms. The first-order chi connectivity index (χ1) is 6.70. The van der Waals surface area contributed by atoms with Crippen LogP contribution in [-0.4, -0.2) is 11.1 Å². The van der Waals surface area contributed by atoms with E-state index < -0.39 is 5.97 Å². The average Bonchev–Trinajstić information content (AvgIpc) is 2.14. The Bertz CT molecular complexity index is 272. The van der Waals surface area contributed by atoms with Gasteiger partial charge in [0.05, 0.1) is 0 Å². The first-order valence-electron chi connectivity index (χ1n) is 5.63. The van der Waals surface area contributed by atoms with Crippen LogP contribution >= 0.6 is 0 Å². The minimum Gasteiger partial charge on any atom is -0.478 e. The minimum absolute atomic E-state index is 0.382. The van der Waals surface area contributed by atoms with Crippen LogP contribution in [0.5, 0.6) is 0 Å². The molecule has 1 saturated carbocycles. The zero-order valence-corrected chi connectivity index (χ0v) is 8.75. The number of allylic oxidation sites excluding steroid dienone is 1. The second-order valence-corrected chi connectivity index (χ2v) is 4.71. The lowest BCUT2D eigenvalue weighted by Crippen LogP contribution is -2.31. The Kier molecular flexibility index (Phi) is 2.62. The number of carboxylic acid groups (broad SMARTS) is 1. The van der Waals surface area contributed by atoms with Gasteiger partial charge >= 0.3 is 5.97 Å². The van der Waals surface area contributed by atoms with Gasteiger partial charge in [-0.05, 0) is 38.0 Å². The van der Waals surface area contributed by atoms with Crippen molar-refractivity contribution in [1.82, 2.24) is 0 Å². The molecule has 0 amide bonds. The van der Waals surface area contributed by atoms with Crippen LogP contribution in [0, 0.1) is 11.8 Å². The van der Waals surface area contributed by atoms with Gasteiger partial charge in [-0.3, -0.25) is 0 Å². The normalized spacial score (nSPS) is 28.8. The summed E-state index contributed by atoms with van der Waals surface area (Å²) in [5.74, 6) is 0.371. The number of hydrogen-bond acceptors (Lipinski definition) is 1. The van der Waals surface area contributed by atoms with E-state index in [2.05, 4.69) is 0 Å². The van der Waals surface area contributed by atoms with E-state index in [9.17, 15) is 4.79 Å². The molecule has 0 aromatic carbocycles. The van der Waals surface area contributed by atoms with E-state index in [1.807, 2.05) is 6.92 Å². The van der Waals surface area contributed by atoms with Crippen LogP contribution < -0.4 is 0 Å². The molecule has 0 aliphatic heterocycles. The van der Waals surface area contributed by atoms with Crippen LogP contribution in [0.2, 0.25) is 0 Å². The van der Waals surface area contributed by atoms with E-state index in [1.54, 1.807) is 0 Å². The summed E-state index contributed by atoms with van der Waals surface area (Å²) in [6, 6.07) is 0. The van der Waals surface area contributed by atoms with Gasteiger partial charge in [0, 0.05) is 5.57 Å². The molecule has 78 valence electrons. The summed E-state index contributed by atoms with van der Waals surface area (Å²) in [5, 5.41) is 9.05. The van der Waals surface area contributed by atoms with Crippen molar-refractivity contribution in [1.29, 1.82) is 0 Å². The number of aliphatic carboxylic acids is 1. The number of hydrogen-bond donors (Lipinski definition) is 1. The summed E-state index contributed by atoms with van der Waals surface area (Å²) >= 11 is 0. The zero-order valence-electron chi connectivity index (χ0n) is 8.75. The molecule has 2 nitrogen and oxygen atoms in total. The highest BCUT2D eigenvalue weighted by Crippen LogP contribution is 2.44. The maximum atomic E-state index is 11.0. The van der Waals surface area contributed by atoms with Crippen LogP contribution in [0.15, 0.2) is 11.1 Å². The van der Waals surface area contributed by atoms with Gasteiger partial charge in [-0.1, -0.05) is 24.8 Å². The van der Waals surface area contributed by atoms with E-state index in [0.717, 1.165) is 17.6 Å². The second kappa shape index (κ2) is 3.76. The molecule has 2 heteroatoms. The van der Waals surface area contributed by atoms with Crippen molar-refractivity contribution in [2.45, 2.75) is 45.4 Å². The maximum Gasteiger partial charge on any atom is 0.331 e. The fourth-order valence-corrected chi connectivity index (χ4v) is 3.01. The molecule has 1 atom stereocenters. The third-order valence-electron chi connectivity index (χ3n) is 3.81. The summed E-state index contributed by atoms with van der Waals surface area (Å²) in [5.41, 5.74) is 1.84. The predicted octanol–water partition coefficient (Wildman–Crippen LogP) is 2.99. The standard InChI is InChI=1S/C12H18O2/c1-8-7-10(11(8)12(13)14)9-5-3-2-4-6-9/h9-10H,2-7H2,1H3,(H,13,14). The van der Waals surface area contributed by atoms with Crippen molar-refractivity contribution >= 4 is 5.97 Å². The number of carbonyl (C=O) groups is 1. The van der Waals surface area contributed by atoms with Crippen LogP contribution in [0.1, 0.15) is 45.4 Å². The highest BCUT2D eigenvalue weighted by atomic mass is 16.4. The van der Waals surface area contributed by atoms with Gasteiger partial charge in [0.1, 0.15) is 0 Å².